The van der Waals surface area contributed by atoms with E-state index >= 15 is 0 Å². The molecule has 1 fully saturated rings. The molecule has 26 heavy (non-hydrogen) atoms. The number of hydrazone groups is 1. The maximum absolute atomic E-state index is 12.8. The van der Waals surface area contributed by atoms with Gasteiger partial charge >= 0.3 is 0 Å². The summed E-state index contributed by atoms with van der Waals surface area (Å²) in [6, 6.07) is 9.81. The largest absolute Gasteiger partial charge is 0.281 e. The minimum absolute atomic E-state index is 0.0798. The number of hydrogen-bond donors (Lipinski definition) is 1. The molecule has 1 saturated heterocycles. The summed E-state index contributed by atoms with van der Waals surface area (Å²) in [5.41, 5.74) is 6.41. The zero-order valence-electron chi connectivity index (χ0n) is 14.5. The van der Waals surface area contributed by atoms with E-state index in [1.54, 1.807) is 29.3 Å². The second-order valence-electron chi connectivity index (χ2n) is 6.19. The minimum atomic E-state index is -0.0798. The van der Waals surface area contributed by atoms with Gasteiger partial charge in [0.05, 0.1) is 19.4 Å². The number of carbonyl (C=O) groups is 1. The number of hydrogen-bond acceptors (Lipinski definition) is 6. The van der Waals surface area contributed by atoms with Crippen LogP contribution in [0.2, 0.25) is 0 Å². The second kappa shape index (κ2) is 8.00. The van der Waals surface area contributed by atoms with E-state index in [4.69, 9.17) is 0 Å². The Bertz CT molecular complexity index is 826. The van der Waals surface area contributed by atoms with Crippen LogP contribution in [0.4, 0.5) is 0 Å². The minimum Gasteiger partial charge on any atom is -0.266 e. The van der Waals surface area contributed by atoms with Crippen molar-refractivity contribution < 1.29 is 4.79 Å². The second-order valence-corrected chi connectivity index (χ2v) is 11.3. The first-order valence-corrected chi connectivity index (χ1v) is 12.6. The van der Waals surface area contributed by atoms with Crippen molar-refractivity contribution >= 4 is 58.7 Å². The van der Waals surface area contributed by atoms with Gasteiger partial charge in [-0.15, -0.1) is 46.6 Å². The van der Waals surface area contributed by atoms with Crippen LogP contribution in [0.15, 0.2) is 39.6 Å². The molecule has 0 bridgehead atoms. The number of thiophene rings is 1. The maximum atomic E-state index is 12.8. The third-order valence-electron chi connectivity index (χ3n) is 4.61. The molecular weight excluding hydrogens is 400 g/mol. The van der Waals surface area contributed by atoms with E-state index < -0.39 is 0 Å². The number of carbonyl (C=O) groups excluding carboxylic acids is 1. The third kappa shape index (κ3) is 3.46. The standard InChI is InChI=1S/C19H20N2OS4/c1-23-18-15-14(8-5-9-19(15)24-10-11-25-19)16(26-18)17(22)21-20-12-13-6-3-2-4-7-13/h2-4,6-7,12H,5,8-11H2,1H3,(H,21,22)/b20-12-. The monoisotopic (exact) mass is 420 g/mol. The highest BCUT2D eigenvalue weighted by molar-refractivity contribution is 8.20. The molecule has 2 heterocycles. The number of nitrogens with one attached hydrogen (secondary N) is 1. The predicted molar refractivity (Wildman–Crippen MR) is 117 cm³/mol. The van der Waals surface area contributed by atoms with Gasteiger partial charge in [-0.1, -0.05) is 30.3 Å². The molecule has 0 atom stereocenters. The average Bonchev–Trinajstić information content (AvgIpc) is 3.28. The summed E-state index contributed by atoms with van der Waals surface area (Å²) >= 11 is 7.56. The van der Waals surface area contributed by atoms with E-state index in [9.17, 15) is 4.79 Å². The fourth-order valence-corrected chi connectivity index (χ4v) is 9.38. The van der Waals surface area contributed by atoms with Gasteiger partial charge in [0.25, 0.3) is 5.91 Å². The van der Waals surface area contributed by atoms with Gasteiger partial charge in [0, 0.05) is 17.1 Å². The normalized spacial score (nSPS) is 18.3. The molecule has 1 aliphatic carbocycles. The molecule has 7 heteroatoms. The molecule has 2 aliphatic rings. The summed E-state index contributed by atoms with van der Waals surface area (Å²) in [4.78, 5) is 13.7. The van der Waals surface area contributed by atoms with Gasteiger partial charge in [0.2, 0.25) is 0 Å². The number of nitrogens with zero attached hydrogens (tertiary/aromatic N) is 1. The Balaban J connectivity index is 1.60. The molecule has 1 N–H and O–H groups in total. The van der Waals surface area contributed by atoms with Crippen LogP contribution >= 0.6 is 46.6 Å². The van der Waals surface area contributed by atoms with Crippen molar-refractivity contribution in [3.63, 3.8) is 0 Å². The van der Waals surface area contributed by atoms with Crippen molar-refractivity contribution in [2.45, 2.75) is 27.6 Å². The van der Waals surface area contributed by atoms with Gasteiger partial charge in [-0.05, 0) is 36.6 Å². The van der Waals surface area contributed by atoms with Crippen molar-refractivity contribution in [1.29, 1.82) is 0 Å². The van der Waals surface area contributed by atoms with E-state index in [1.165, 1.54) is 33.3 Å². The first-order chi connectivity index (χ1) is 12.7. The van der Waals surface area contributed by atoms with Crippen LogP contribution < -0.4 is 5.43 Å². The third-order valence-corrected chi connectivity index (χ3v) is 10.5. The number of benzene rings is 1. The van der Waals surface area contributed by atoms with Crippen LogP contribution in [0, 0.1) is 0 Å². The van der Waals surface area contributed by atoms with Crippen LogP contribution in [0.1, 0.15) is 39.2 Å². The van der Waals surface area contributed by atoms with Gasteiger partial charge in [-0.2, -0.15) is 5.10 Å². The summed E-state index contributed by atoms with van der Waals surface area (Å²) in [7, 11) is 0. The molecular formula is C19H20N2OS4. The number of amides is 1. The van der Waals surface area contributed by atoms with Crippen molar-refractivity contribution in [2.24, 2.45) is 5.10 Å². The summed E-state index contributed by atoms with van der Waals surface area (Å²) in [6.45, 7) is 0. The lowest BCUT2D eigenvalue weighted by Gasteiger charge is -2.33. The molecule has 0 unspecified atom stereocenters. The predicted octanol–water partition coefficient (Wildman–Crippen LogP) is 5.20. The Morgan fingerprint density at radius 1 is 1.27 bits per heavy atom. The topological polar surface area (TPSA) is 41.5 Å². The average molecular weight is 421 g/mol. The molecule has 0 saturated carbocycles. The molecule has 1 amide bonds. The molecule has 0 radical (unpaired) electrons. The van der Waals surface area contributed by atoms with E-state index in [1.807, 2.05) is 30.3 Å². The molecule has 2 aromatic rings. The maximum Gasteiger partial charge on any atom is 0.281 e. The highest BCUT2D eigenvalue weighted by Gasteiger charge is 2.45. The van der Waals surface area contributed by atoms with Gasteiger partial charge in [-0.3, -0.25) is 4.79 Å². The van der Waals surface area contributed by atoms with Crippen LogP contribution in [0.5, 0.6) is 0 Å². The highest BCUT2D eigenvalue weighted by Crippen LogP contribution is 2.61. The lowest BCUT2D eigenvalue weighted by Crippen LogP contribution is -2.24. The lowest BCUT2D eigenvalue weighted by atomic mass is 9.92. The fraction of sp³-hybridized carbons (Fsp3) is 0.368. The Morgan fingerprint density at radius 2 is 2.04 bits per heavy atom. The van der Waals surface area contributed by atoms with Crippen LogP contribution in [0.25, 0.3) is 0 Å². The van der Waals surface area contributed by atoms with Gasteiger partial charge in [0.15, 0.2) is 0 Å². The number of rotatable bonds is 4. The molecule has 4 rings (SSSR count). The Hall–Kier alpha value is -0.890. The van der Waals surface area contributed by atoms with Crippen molar-refractivity contribution in [3.05, 3.63) is 51.9 Å². The molecule has 1 aromatic carbocycles. The van der Waals surface area contributed by atoms with E-state index in [-0.39, 0.29) is 9.99 Å². The van der Waals surface area contributed by atoms with E-state index in [0.717, 1.165) is 23.3 Å². The SMILES string of the molecule is CSc1sc(C(=O)N/N=C\c2ccccc2)c2c1C1(CCC2)SCCS1. The quantitative estimate of drug-likeness (QED) is 0.419. The van der Waals surface area contributed by atoms with Crippen LogP contribution in [-0.2, 0) is 10.5 Å². The molecule has 1 aromatic heterocycles. The Labute approximate surface area is 170 Å². The van der Waals surface area contributed by atoms with E-state index in [0.29, 0.717) is 0 Å². The lowest BCUT2D eigenvalue weighted by molar-refractivity contribution is 0.0958. The summed E-state index contributed by atoms with van der Waals surface area (Å²) < 4.78 is 1.48. The fourth-order valence-electron chi connectivity index (χ4n) is 3.51. The zero-order valence-corrected chi connectivity index (χ0v) is 17.8. The van der Waals surface area contributed by atoms with Crippen molar-refractivity contribution in [1.82, 2.24) is 5.43 Å². The van der Waals surface area contributed by atoms with Crippen LogP contribution in [-0.4, -0.2) is 29.9 Å². The molecule has 3 nitrogen and oxygen atoms in total. The summed E-state index contributed by atoms with van der Waals surface area (Å²) in [5, 5.41) is 4.16. The van der Waals surface area contributed by atoms with E-state index in [2.05, 4.69) is 40.3 Å². The van der Waals surface area contributed by atoms with Gasteiger partial charge in [0.1, 0.15) is 0 Å². The first-order valence-electron chi connectivity index (χ1n) is 8.60. The van der Waals surface area contributed by atoms with Crippen molar-refractivity contribution in [2.75, 3.05) is 17.8 Å². The summed E-state index contributed by atoms with van der Waals surface area (Å²) in [6.07, 6.45) is 7.18. The van der Waals surface area contributed by atoms with Crippen LogP contribution in [0.3, 0.4) is 0 Å². The van der Waals surface area contributed by atoms with Gasteiger partial charge < -0.3 is 0 Å². The number of fused-ring (bicyclic) bond motifs is 2. The molecule has 1 spiro atoms. The van der Waals surface area contributed by atoms with Gasteiger partial charge in [-0.25, -0.2) is 5.43 Å². The first kappa shape index (κ1) is 18.5. The smallest absolute Gasteiger partial charge is 0.266 e. The zero-order chi connectivity index (χ0) is 18.0. The summed E-state index contributed by atoms with van der Waals surface area (Å²) in [5.74, 6) is 2.33. The molecule has 136 valence electrons. The Kier molecular flexibility index (Phi) is 5.69. The van der Waals surface area contributed by atoms with Crippen molar-refractivity contribution in [3.8, 4) is 0 Å². The number of thioether (sulfide) groups is 3. The Morgan fingerprint density at radius 3 is 2.77 bits per heavy atom. The highest BCUT2D eigenvalue weighted by atomic mass is 32.2. The molecule has 1 aliphatic heterocycles.